The van der Waals surface area contributed by atoms with Crippen LogP contribution in [0.4, 0.5) is 0 Å². The molecule has 1 aliphatic heterocycles. The highest BCUT2D eigenvalue weighted by Gasteiger charge is 2.29. The van der Waals surface area contributed by atoms with Gasteiger partial charge in [0.2, 0.25) is 5.91 Å². The molecule has 1 N–H and O–H groups in total. The van der Waals surface area contributed by atoms with Gasteiger partial charge in [-0.2, -0.15) is 0 Å². The lowest BCUT2D eigenvalue weighted by Gasteiger charge is -2.32. The second-order valence-electron chi connectivity index (χ2n) is 4.87. The van der Waals surface area contributed by atoms with Crippen molar-refractivity contribution in [2.24, 2.45) is 5.92 Å². The molecule has 0 radical (unpaired) electrons. The third kappa shape index (κ3) is 3.19. The van der Waals surface area contributed by atoms with Crippen LogP contribution in [0.25, 0.3) is 0 Å². The van der Waals surface area contributed by atoms with E-state index in [1.54, 1.807) is 4.90 Å². The Morgan fingerprint density at radius 2 is 2.12 bits per heavy atom. The summed E-state index contributed by atoms with van der Waals surface area (Å²) in [6, 6.07) is 0. The molecule has 1 aliphatic carbocycles. The van der Waals surface area contributed by atoms with Crippen molar-refractivity contribution < 1.29 is 19.4 Å². The second kappa shape index (κ2) is 5.49. The Labute approximate surface area is 101 Å². The van der Waals surface area contributed by atoms with Gasteiger partial charge in [0.05, 0.1) is 13.2 Å². The van der Waals surface area contributed by atoms with Gasteiger partial charge in [-0.15, -0.1) is 0 Å². The highest BCUT2D eigenvalue weighted by Crippen LogP contribution is 2.30. The Hall–Kier alpha value is -1.10. The molecule has 1 atom stereocenters. The molecule has 1 heterocycles. The summed E-state index contributed by atoms with van der Waals surface area (Å²) in [6.07, 6.45) is 4.43. The average molecular weight is 241 g/mol. The van der Waals surface area contributed by atoms with Gasteiger partial charge in [0, 0.05) is 13.0 Å². The first-order valence-corrected chi connectivity index (χ1v) is 6.29. The van der Waals surface area contributed by atoms with Crippen molar-refractivity contribution in [2.75, 3.05) is 19.7 Å². The molecule has 0 unspecified atom stereocenters. The zero-order valence-corrected chi connectivity index (χ0v) is 9.93. The molecule has 1 saturated heterocycles. The summed E-state index contributed by atoms with van der Waals surface area (Å²) in [4.78, 5) is 24.3. The van der Waals surface area contributed by atoms with Gasteiger partial charge in [0.25, 0.3) is 0 Å². The minimum Gasteiger partial charge on any atom is -0.479 e. The molecule has 0 bridgehead atoms. The molecule has 17 heavy (non-hydrogen) atoms. The minimum absolute atomic E-state index is 0.0754. The molecule has 1 saturated carbocycles. The first kappa shape index (κ1) is 12.4. The summed E-state index contributed by atoms with van der Waals surface area (Å²) in [5, 5.41) is 8.84. The molecule has 2 fully saturated rings. The number of hydrogen-bond donors (Lipinski definition) is 1. The third-order valence-corrected chi connectivity index (χ3v) is 3.69. The number of carboxylic acid groups (broad SMARTS) is 1. The molecule has 2 aliphatic rings. The van der Waals surface area contributed by atoms with Gasteiger partial charge in [0.1, 0.15) is 0 Å². The lowest BCUT2D eigenvalue weighted by molar-refractivity contribution is -0.159. The van der Waals surface area contributed by atoms with Crippen LogP contribution in [-0.2, 0) is 14.3 Å². The van der Waals surface area contributed by atoms with Crippen molar-refractivity contribution in [2.45, 2.75) is 38.2 Å². The highest BCUT2D eigenvalue weighted by atomic mass is 16.5. The number of nitrogens with zero attached hydrogens (tertiary/aromatic N) is 1. The molecule has 0 aromatic carbocycles. The summed E-state index contributed by atoms with van der Waals surface area (Å²) < 4.78 is 5.08. The lowest BCUT2D eigenvalue weighted by Crippen LogP contribution is -2.48. The Morgan fingerprint density at radius 1 is 1.35 bits per heavy atom. The van der Waals surface area contributed by atoms with Crippen LogP contribution in [0.5, 0.6) is 0 Å². The van der Waals surface area contributed by atoms with Crippen LogP contribution in [0.15, 0.2) is 0 Å². The first-order valence-electron chi connectivity index (χ1n) is 6.29. The van der Waals surface area contributed by atoms with Crippen molar-refractivity contribution in [1.29, 1.82) is 0 Å². The number of rotatable bonds is 4. The van der Waals surface area contributed by atoms with Crippen molar-refractivity contribution in [3.05, 3.63) is 0 Å². The van der Waals surface area contributed by atoms with Crippen LogP contribution < -0.4 is 0 Å². The van der Waals surface area contributed by atoms with Gasteiger partial charge >= 0.3 is 5.97 Å². The maximum Gasteiger partial charge on any atom is 0.334 e. The monoisotopic (exact) mass is 241 g/mol. The van der Waals surface area contributed by atoms with E-state index >= 15 is 0 Å². The Morgan fingerprint density at radius 3 is 2.71 bits per heavy atom. The molecular weight excluding hydrogens is 222 g/mol. The molecule has 5 nitrogen and oxygen atoms in total. The van der Waals surface area contributed by atoms with E-state index in [0.717, 1.165) is 12.3 Å². The normalized spacial score (nSPS) is 25.4. The number of morpholine rings is 1. The van der Waals surface area contributed by atoms with Crippen LogP contribution >= 0.6 is 0 Å². The van der Waals surface area contributed by atoms with Gasteiger partial charge in [-0.05, 0) is 12.3 Å². The van der Waals surface area contributed by atoms with Crippen LogP contribution in [0.1, 0.15) is 32.1 Å². The van der Waals surface area contributed by atoms with E-state index in [1.165, 1.54) is 19.3 Å². The molecule has 5 heteroatoms. The van der Waals surface area contributed by atoms with E-state index in [2.05, 4.69) is 0 Å². The van der Waals surface area contributed by atoms with Crippen LogP contribution in [0.2, 0.25) is 0 Å². The SMILES string of the molecule is O=C(O)[C@H]1CN(C(=O)CCC2CCC2)CCO1. The number of aliphatic carboxylic acids is 1. The fourth-order valence-corrected chi connectivity index (χ4v) is 2.29. The predicted octanol–water partition coefficient (Wildman–Crippen LogP) is 0.879. The number of hydrogen-bond acceptors (Lipinski definition) is 3. The van der Waals surface area contributed by atoms with Crippen LogP contribution in [0, 0.1) is 5.92 Å². The lowest BCUT2D eigenvalue weighted by atomic mass is 9.82. The number of carbonyl (C=O) groups excluding carboxylic acids is 1. The summed E-state index contributed by atoms with van der Waals surface area (Å²) in [5.41, 5.74) is 0. The minimum atomic E-state index is -0.985. The van der Waals surface area contributed by atoms with Crippen molar-refractivity contribution in [1.82, 2.24) is 4.90 Å². The quantitative estimate of drug-likeness (QED) is 0.793. The smallest absolute Gasteiger partial charge is 0.334 e. The fourth-order valence-electron chi connectivity index (χ4n) is 2.29. The molecule has 0 spiro atoms. The summed E-state index contributed by atoms with van der Waals surface area (Å²) >= 11 is 0. The van der Waals surface area contributed by atoms with Crippen LogP contribution in [-0.4, -0.2) is 47.7 Å². The van der Waals surface area contributed by atoms with E-state index in [0.29, 0.717) is 19.6 Å². The van der Waals surface area contributed by atoms with E-state index < -0.39 is 12.1 Å². The molecule has 96 valence electrons. The van der Waals surface area contributed by atoms with Gasteiger partial charge < -0.3 is 14.7 Å². The van der Waals surface area contributed by atoms with Crippen molar-refractivity contribution >= 4 is 11.9 Å². The average Bonchev–Trinajstić information content (AvgIpc) is 2.27. The van der Waals surface area contributed by atoms with Gasteiger partial charge in [0.15, 0.2) is 6.10 Å². The maximum absolute atomic E-state index is 11.9. The zero-order chi connectivity index (χ0) is 12.3. The highest BCUT2D eigenvalue weighted by molar-refractivity contribution is 5.78. The Balaban J connectivity index is 1.75. The Kier molecular flexibility index (Phi) is 3.99. The molecule has 1 amide bonds. The Bertz CT molecular complexity index is 301. The summed E-state index contributed by atoms with van der Waals surface area (Å²) in [6.45, 7) is 1.04. The van der Waals surface area contributed by atoms with Crippen molar-refractivity contribution in [3.8, 4) is 0 Å². The molecule has 0 aromatic heterocycles. The number of ether oxygens (including phenoxy) is 1. The van der Waals surface area contributed by atoms with E-state index in [9.17, 15) is 9.59 Å². The number of carboxylic acids is 1. The fraction of sp³-hybridized carbons (Fsp3) is 0.833. The molecule has 2 rings (SSSR count). The van der Waals surface area contributed by atoms with Gasteiger partial charge in [-0.25, -0.2) is 4.79 Å². The van der Waals surface area contributed by atoms with E-state index in [-0.39, 0.29) is 12.5 Å². The topological polar surface area (TPSA) is 66.8 Å². The van der Waals surface area contributed by atoms with Gasteiger partial charge in [-0.3, -0.25) is 4.79 Å². The maximum atomic E-state index is 11.9. The number of carbonyl (C=O) groups is 2. The van der Waals surface area contributed by atoms with E-state index in [4.69, 9.17) is 9.84 Å². The van der Waals surface area contributed by atoms with Crippen molar-refractivity contribution in [3.63, 3.8) is 0 Å². The molecule has 0 aromatic rings. The predicted molar refractivity (Wildman–Crippen MR) is 60.5 cm³/mol. The second-order valence-corrected chi connectivity index (χ2v) is 4.87. The number of amides is 1. The summed E-state index contributed by atoms with van der Waals surface area (Å²) in [5.74, 6) is -0.191. The first-order chi connectivity index (χ1) is 8.16. The summed E-state index contributed by atoms with van der Waals surface area (Å²) in [7, 11) is 0. The zero-order valence-electron chi connectivity index (χ0n) is 9.93. The van der Waals surface area contributed by atoms with Gasteiger partial charge in [-0.1, -0.05) is 19.3 Å². The largest absolute Gasteiger partial charge is 0.479 e. The van der Waals surface area contributed by atoms with E-state index in [1.807, 2.05) is 0 Å². The third-order valence-electron chi connectivity index (χ3n) is 3.69. The van der Waals surface area contributed by atoms with Crippen LogP contribution in [0.3, 0.4) is 0 Å². The molecular formula is C12H19NO4. The standard InChI is InChI=1S/C12H19NO4/c14-11(5-4-9-2-1-3-9)13-6-7-17-10(8-13)12(15)16/h9-10H,1-8H2,(H,15,16)/t10-/m1/s1.